The molecule has 0 aliphatic heterocycles. The number of anilines is 1. The number of carbonyl (C=O) groups is 1. The van der Waals surface area contributed by atoms with Gasteiger partial charge in [-0.3, -0.25) is 14.9 Å². The Labute approximate surface area is 91.6 Å². The fraction of sp³-hybridized carbons (Fsp3) is 0.222. The molecule has 16 heavy (non-hydrogen) atoms. The molecular formula is C9H12N4O3. The Hall–Kier alpha value is -1.99. The van der Waals surface area contributed by atoms with Crippen LogP contribution in [-0.2, 0) is 11.3 Å². The van der Waals surface area contributed by atoms with Crippen molar-refractivity contribution < 1.29 is 9.72 Å². The Balaban J connectivity index is 3.19. The van der Waals surface area contributed by atoms with E-state index in [4.69, 9.17) is 11.5 Å². The standard InChI is InChI=1S/C9H12N4O3/c10-4-6-2-1-3-7(13(15)16)9(6)12-8(14)5-11/h1-3H,4-5,10-11H2,(H,12,14). The predicted octanol–water partition coefficient (Wildman–Crippen LogP) is -0.0493. The van der Waals surface area contributed by atoms with Crippen LogP contribution in [0.25, 0.3) is 0 Å². The normalized spacial score (nSPS) is 9.88. The predicted molar refractivity (Wildman–Crippen MR) is 58.7 cm³/mol. The number of nitro groups is 1. The molecule has 0 saturated carbocycles. The first-order chi connectivity index (χ1) is 7.60. The minimum absolute atomic E-state index is 0.0991. The molecular weight excluding hydrogens is 212 g/mol. The molecule has 5 N–H and O–H groups in total. The minimum Gasteiger partial charge on any atom is -0.326 e. The quantitative estimate of drug-likeness (QED) is 0.488. The van der Waals surface area contributed by atoms with Gasteiger partial charge in [-0.2, -0.15) is 0 Å². The van der Waals surface area contributed by atoms with E-state index >= 15 is 0 Å². The van der Waals surface area contributed by atoms with Crippen LogP contribution in [0.2, 0.25) is 0 Å². The number of benzene rings is 1. The number of hydrogen-bond acceptors (Lipinski definition) is 5. The van der Waals surface area contributed by atoms with Gasteiger partial charge in [-0.25, -0.2) is 0 Å². The number of rotatable bonds is 4. The zero-order chi connectivity index (χ0) is 12.1. The van der Waals surface area contributed by atoms with Gasteiger partial charge in [0.2, 0.25) is 5.91 Å². The summed E-state index contributed by atoms with van der Waals surface area (Å²) < 4.78 is 0. The first-order valence-corrected chi connectivity index (χ1v) is 4.56. The zero-order valence-corrected chi connectivity index (χ0v) is 8.47. The molecule has 0 atom stereocenters. The average Bonchev–Trinajstić information content (AvgIpc) is 2.28. The van der Waals surface area contributed by atoms with Crippen molar-refractivity contribution in [1.82, 2.24) is 0 Å². The number of hydrogen-bond donors (Lipinski definition) is 3. The van der Waals surface area contributed by atoms with Crippen LogP contribution in [0.15, 0.2) is 18.2 Å². The number of amides is 1. The van der Waals surface area contributed by atoms with Crippen LogP contribution in [0, 0.1) is 10.1 Å². The molecule has 0 unspecified atom stereocenters. The fourth-order valence-electron chi connectivity index (χ4n) is 1.24. The van der Waals surface area contributed by atoms with Gasteiger partial charge in [-0.05, 0) is 5.56 Å². The van der Waals surface area contributed by atoms with Crippen molar-refractivity contribution in [2.45, 2.75) is 6.54 Å². The van der Waals surface area contributed by atoms with Gasteiger partial charge in [0.05, 0.1) is 11.5 Å². The molecule has 1 amide bonds. The average molecular weight is 224 g/mol. The lowest BCUT2D eigenvalue weighted by Crippen LogP contribution is -2.23. The molecule has 7 nitrogen and oxygen atoms in total. The molecule has 0 aromatic heterocycles. The van der Waals surface area contributed by atoms with E-state index in [2.05, 4.69) is 5.32 Å². The monoisotopic (exact) mass is 224 g/mol. The van der Waals surface area contributed by atoms with Gasteiger partial charge in [0.25, 0.3) is 5.69 Å². The number of nitrogens with one attached hydrogen (secondary N) is 1. The number of nitrogens with two attached hydrogens (primary N) is 2. The lowest BCUT2D eigenvalue weighted by molar-refractivity contribution is -0.384. The Bertz CT molecular complexity index is 419. The fourth-order valence-corrected chi connectivity index (χ4v) is 1.24. The Morgan fingerprint density at radius 2 is 2.12 bits per heavy atom. The minimum atomic E-state index is -0.578. The van der Waals surface area contributed by atoms with Crippen molar-refractivity contribution >= 4 is 17.3 Å². The van der Waals surface area contributed by atoms with Gasteiger partial charge >= 0.3 is 0 Å². The molecule has 0 heterocycles. The van der Waals surface area contributed by atoms with E-state index in [0.29, 0.717) is 5.56 Å². The first kappa shape index (κ1) is 12.1. The van der Waals surface area contributed by atoms with E-state index in [0.717, 1.165) is 0 Å². The van der Waals surface area contributed by atoms with Gasteiger partial charge < -0.3 is 16.8 Å². The number of para-hydroxylation sites is 1. The Morgan fingerprint density at radius 1 is 1.44 bits per heavy atom. The summed E-state index contributed by atoms with van der Waals surface area (Å²) in [5, 5.41) is 13.1. The maximum Gasteiger partial charge on any atom is 0.293 e. The summed E-state index contributed by atoms with van der Waals surface area (Å²) in [4.78, 5) is 21.3. The third-order valence-corrected chi connectivity index (χ3v) is 2.00. The molecule has 0 aliphatic rings. The molecule has 86 valence electrons. The summed E-state index contributed by atoms with van der Waals surface area (Å²) in [5.74, 6) is -0.496. The van der Waals surface area contributed by atoms with Crippen molar-refractivity contribution in [3.05, 3.63) is 33.9 Å². The highest BCUT2D eigenvalue weighted by atomic mass is 16.6. The second kappa shape index (κ2) is 5.19. The molecule has 7 heteroatoms. The summed E-state index contributed by atoms with van der Waals surface area (Å²) in [6.45, 7) is -0.141. The molecule has 0 saturated heterocycles. The maximum absolute atomic E-state index is 11.1. The first-order valence-electron chi connectivity index (χ1n) is 4.56. The number of carbonyl (C=O) groups excluding carboxylic acids is 1. The van der Waals surface area contributed by atoms with E-state index in [-0.39, 0.29) is 24.5 Å². The van der Waals surface area contributed by atoms with Crippen molar-refractivity contribution in [2.75, 3.05) is 11.9 Å². The molecule has 0 fully saturated rings. The van der Waals surface area contributed by atoms with Gasteiger partial charge in [0, 0.05) is 12.6 Å². The third kappa shape index (κ3) is 2.53. The highest BCUT2D eigenvalue weighted by Gasteiger charge is 2.18. The summed E-state index contributed by atoms with van der Waals surface area (Å²) in [6.07, 6.45) is 0. The summed E-state index contributed by atoms with van der Waals surface area (Å²) in [7, 11) is 0. The molecule has 0 bridgehead atoms. The van der Waals surface area contributed by atoms with Crippen molar-refractivity contribution in [3.8, 4) is 0 Å². The molecule has 1 aromatic carbocycles. The Morgan fingerprint density at radius 3 is 2.62 bits per heavy atom. The third-order valence-electron chi connectivity index (χ3n) is 2.00. The second-order valence-corrected chi connectivity index (χ2v) is 3.02. The van der Waals surface area contributed by atoms with Crippen LogP contribution in [0.1, 0.15) is 5.56 Å². The largest absolute Gasteiger partial charge is 0.326 e. The summed E-state index contributed by atoms with van der Waals surface area (Å²) in [5.41, 5.74) is 11.0. The van der Waals surface area contributed by atoms with E-state index < -0.39 is 10.8 Å². The van der Waals surface area contributed by atoms with Gasteiger partial charge in [-0.15, -0.1) is 0 Å². The molecule has 1 aromatic rings. The lowest BCUT2D eigenvalue weighted by atomic mass is 10.1. The van der Waals surface area contributed by atoms with E-state index in [1.165, 1.54) is 12.1 Å². The molecule has 0 aliphatic carbocycles. The van der Waals surface area contributed by atoms with E-state index in [1.807, 2.05) is 0 Å². The van der Waals surface area contributed by atoms with E-state index in [1.54, 1.807) is 6.07 Å². The number of nitrogens with zero attached hydrogens (tertiary/aromatic N) is 1. The Kier molecular flexibility index (Phi) is 3.92. The SMILES string of the molecule is NCC(=O)Nc1c(CN)cccc1[N+](=O)[O-]. The van der Waals surface area contributed by atoms with E-state index in [9.17, 15) is 14.9 Å². The lowest BCUT2D eigenvalue weighted by Gasteiger charge is -2.09. The maximum atomic E-state index is 11.1. The summed E-state index contributed by atoms with van der Waals surface area (Å²) >= 11 is 0. The number of nitro benzene ring substituents is 1. The van der Waals surface area contributed by atoms with Crippen LogP contribution < -0.4 is 16.8 Å². The van der Waals surface area contributed by atoms with Crippen LogP contribution >= 0.6 is 0 Å². The smallest absolute Gasteiger partial charge is 0.293 e. The molecule has 1 rings (SSSR count). The van der Waals surface area contributed by atoms with Gasteiger partial charge in [0.1, 0.15) is 5.69 Å². The second-order valence-electron chi connectivity index (χ2n) is 3.02. The van der Waals surface area contributed by atoms with Crippen LogP contribution in [0.4, 0.5) is 11.4 Å². The topological polar surface area (TPSA) is 124 Å². The van der Waals surface area contributed by atoms with Crippen LogP contribution in [-0.4, -0.2) is 17.4 Å². The highest BCUT2D eigenvalue weighted by molar-refractivity contribution is 5.95. The molecule has 0 spiro atoms. The highest BCUT2D eigenvalue weighted by Crippen LogP contribution is 2.27. The van der Waals surface area contributed by atoms with Crippen molar-refractivity contribution in [3.63, 3.8) is 0 Å². The van der Waals surface area contributed by atoms with Gasteiger partial charge in [0.15, 0.2) is 0 Å². The van der Waals surface area contributed by atoms with Crippen molar-refractivity contribution in [2.24, 2.45) is 11.5 Å². The van der Waals surface area contributed by atoms with Crippen LogP contribution in [0.5, 0.6) is 0 Å². The molecule has 0 radical (unpaired) electrons. The van der Waals surface area contributed by atoms with Crippen molar-refractivity contribution in [1.29, 1.82) is 0 Å². The van der Waals surface area contributed by atoms with Crippen LogP contribution in [0.3, 0.4) is 0 Å². The van der Waals surface area contributed by atoms with Gasteiger partial charge in [-0.1, -0.05) is 12.1 Å². The summed E-state index contributed by atoms with van der Waals surface area (Å²) in [6, 6.07) is 4.42. The zero-order valence-electron chi connectivity index (χ0n) is 8.47.